The monoisotopic (exact) mass is 232 g/mol. The van der Waals surface area contributed by atoms with Crippen molar-refractivity contribution < 1.29 is 13.3 Å². The summed E-state index contributed by atoms with van der Waals surface area (Å²) < 4.78 is 23.5. The van der Waals surface area contributed by atoms with Gasteiger partial charge in [-0.1, -0.05) is 5.16 Å². The number of benzene rings is 1. The van der Waals surface area contributed by atoms with Gasteiger partial charge in [0, 0.05) is 17.0 Å². The Morgan fingerprint density at radius 2 is 2.12 bits per heavy atom. The van der Waals surface area contributed by atoms with Crippen LogP contribution in [0.1, 0.15) is 5.56 Å². The Labute approximate surface area is 95.8 Å². The summed E-state index contributed by atoms with van der Waals surface area (Å²) in [5, 5.41) is 4.50. The molecule has 0 saturated carbocycles. The third-order valence-corrected chi connectivity index (χ3v) is 2.66. The number of aryl methyl sites for hydroxylation is 1. The Bertz CT molecular complexity index is 700. The Kier molecular flexibility index (Phi) is 1.95. The molecular weight excluding hydrogens is 223 g/mol. The number of rotatable bonds is 1. The number of anilines is 1. The summed E-state index contributed by atoms with van der Waals surface area (Å²) in [5.74, 6) is 0.463. The molecule has 0 bridgehead atoms. The molecule has 5 heteroatoms. The summed E-state index contributed by atoms with van der Waals surface area (Å²) >= 11 is 0. The van der Waals surface area contributed by atoms with Gasteiger partial charge in [-0.3, -0.25) is 0 Å². The fraction of sp³-hybridized carbons (Fsp3) is 0.0833. The molecule has 2 aromatic heterocycles. The highest BCUT2D eigenvalue weighted by Gasteiger charge is 2.16. The SMILES string of the molecule is Cc1c(-c2cc(N)on2)oc2ccc(F)cc12. The molecule has 0 aliphatic heterocycles. The standard InChI is InChI=1S/C12H9FN2O2/c1-6-8-4-7(13)2-3-10(8)16-12(6)9-5-11(14)17-15-9/h2-5H,14H2,1H3. The van der Waals surface area contributed by atoms with Gasteiger partial charge in [0.1, 0.15) is 11.4 Å². The van der Waals surface area contributed by atoms with Gasteiger partial charge < -0.3 is 14.7 Å². The lowest BCUT2D eigenvalue weighted by atomic mass is 10.1. The fourth-order valence-corrected chi connectivity index (χ4v) is 1.83. The first-order chi connectivity index (χ1) is 8.15. The molecule has 2 N–H and O–H groups in total. The van der Waals surface area contributed by atoms with E-state index in [1.54, 1.807) is 12.1 Å². The van der Waals surface area contributed by atoms with Crippen molar-refractivity contribution >= 4 is 16.9 Å². The minimum absolute atomic E-state index is 0.214. The predicted octanol–water partition coefficient (Wildman–Crippen LogP) is 3.12. The first kappa shape index (κ1) is 9.89. The zero-order chi connectivity index (χ0) is 12.0. The lowest BCUT2D eigenvalue weighted by Crippen LogP contribution is -1.78. The second-order valence-electron chi connectivity index (χ2n) is 3.81. The van der Waals surface area contributed by atoms with Gasteiger partial charge in [-0.05, 0) is 25.1 Å². The molecular formula is C12H9FN2O2. The van der Waals surface area contributed by atoms with Gasteiger partial charge in [-0.25, -0.2) is 4.39 Å². The quantitative estimate of drug-likeness (QED) is 0.700. The lowest BCUT2D eigenvalue weighted by Gasteiger charge is -1.90. The molecule has 17 heavy (non-hydrogen) atoms. The molecule has 0 spiro atoms. The number of nitrogens with two attached hydrogens (primary N) is 1. The van der Waals surface area contributed by atoms with Crippen LogP contribution in [-0.2, 0) is 0 Å². The van der Waals surface area contributed by atoms with Crippen LogP contribution in [0.4, 0.5) is 10.3 Å². The summed E-state index contributed by atoms with van der Waals surface area (Å²) in [5.41, 5.74) is 7.39. The summed E-state index contributed by atoms with van der Waals surface area (Å²) in [6.07, 6.45) is 0. The second-order valence-corrected chi connectivity index (χ2v) is 3.81. The molecule has 0 unspecified atom stereocenters. The van der Waals surface area contributed by atoms with Crippen molar-refractivity contribution in [2.75, 3.05) is 5.73 Å². The van der Waals surface area contributed by atoms with Crippen LogP contribution in [0.2, 0.25) is 0 Å². The number of halogens is 1. The Morgan fingerprint density at radius 3 is 2.82 bits per heavy atom. The minimum atomic E-state index is -0.299. The van der Waals surface area contributed by atoms with Gasteiger partial charge in [0.25, 0.3) is 0 Å². The largest absolute Gasteiger partial charge is 0.454 e. The van der Waals surface area contributed by atoms with E-state index in [0.29, 0.717) is 17.0 Å². The first-order valence-corrected chi connectivity index (χ1v) is 5.06. The molecule has 86 valence electrons. The number of nitrogens with zero attached hydrogens (tertiary/aromatic N) is 1. The Hall–Kier alpha value is -2.30. The van der Waals surface area contributed by atoms with Gasteiger partial charge in [-0.15, -0.1) is 0 Å². The van der Waals surface area contributed by atoms with Gasteiger partial charge in [0.05, 0.1) is 0 Å². The van der Waals surface area contributed by atoms with Crippen LogP contribution >= 0.6 is 0 Å². The third kappa shape index (κ3) is 1.47. The van der Waals surface area contributed by atoms with Crippen LogP contribution in [0, 0.1) is 12.7 Å². The molecule has 0 radical (unpaired) electrons. The van der Waals surface area contributed by atoms with Crippen LogP contribution in [0.15, 0.2) is 33.2 Å². The highest BCUT2D eigenvalue weighted by Crippen LogP contribution is 2.33. The molecule has 0 amide bonds. The predicted molar refractivity (Wildman–Crippen MR) is 60.8 cm³/mol. The first-order valence-electron chi connectivity index (χ1n) is 5.06. The van der Waals surface area contributed by atoms with Gasteiger partial charge in [0.2, 0.25) is 5.88 Å². The van der Waals surface area contributed by atoms with Crippen LogP contribution in [0.5, 0.6) is 0 Å². The van der Waals surface area contributed by atoms with E-state index in [1.165, 1.54) is 12.1 Å². The van der Waals surface area contributed by atoms with E-state index in [2.05, 4.69) is 5.16 Å². The number of furan rings is 1. The maximum atomic E-state index is 13.1. The molecule has 0 saturated heterocycles. The van der Waals surface area contributed by atoms with Crippen LogP contribution in [0.3, 0.4) is 0 Å². The van der Waals surface area contributed by atoms with E-state index in [1.807, 2.05) is 6.92 Å². The van der Waals surface area contributed by atoms with Crippen LogP contribution < -0.4 is 5.73 Å². The molecule has 0 aliphatic rings. The fourth-order valence-electron chi connectivity index (χ4n) is 1.83. The summed E-state index contributed by atoms with van der Waals surface area (Å²) in [4.78, 5) is 0. The molecule has 0 atom stereocenters. The summed E-state index contributed by atoms with van der Waals surface area (Å²) in [7, 11) is 0. The van der Waals surface area contributed by atoms with E-state index >= 15 is 0 Å². The molecule has 3 aromatic rings. The van der Waals surface area contributed by atoms with Crippen LogP contribution in [-0.4, -0.2) is 5.16 Å². The minimum Gasteiger partial charge on any atom is -0.454 e. The summed E-state index contributed by atoms with van der Waals surface area (Å²) in [6, 6.07) is 5.94. The van der Waals surface area contributed by atoms with Gasteiger partial charge in [-0.2, -0.15) is 0 Å². The normalized spacial score (nSPS) is 11.2. The molecule has 1 aromatic carbocycles. The zero-order valence-electron chi connectivity index (χ0n) is 9.03. The number of aromatic nitrogens is 1. The van der Waals surface area contributed by atoms with E-state index in [4.69, 9.17) is 14.7 Å². The smallest absolute Gasteiger partial charge is 0.222 e. The molecule has 4 nitrogen and oxygen atoms in total. The number of nitrogen functional groups attached to an aromatic ring is 1. The highest BCUT2D eigenvalue weighted by molar-refractivity contribution is 5.87. The molecule has 2 heterocycles. The van der Waals surface area contributed by atoms with Gasteiger partial charge >= 0.3 is 0 Å². The van der Waals surface area contributed by atoms with Crippen molar-refractivity contribution in [3.63, 3.8) is 0 Å². The molecule has 0 aliphatic carbocycles. The number of hydrogen-bond donors (Lipinski definition) is 1. The van der Waals surface area contributed by atoms with E-state index in [0.717, 1.165) is 10.9 Å². The Balaban J connectivity index is 2.27. The third-order valence-electron chi connectivity index (χ3n) is 2.66. The molecule has 0 fully saturated rings. The average Bonchev–Trinajstić information content (AvgIpc) is 2.84. The van der Waals surface area contributed by atoms with E-state index < -0.39 is 0 Å². The van der Waals surface area contributed by atoms with Crippen molar-refractivity contribution in [3.05, 3.63) is 35.6 Å². The van der Waals surface area contributed by atoms with Crippen molar-refractivity contribution in [2.24, 2.45) is 0 Å². The lowest BCUT2D eigenvalue weighted by molar-refractivity contribution is 0.436. The van der Waals surface area contributed by atoms with Crippen molar-refractivity contribution in [2.45, 2.75) is 6.92 Å². The van der Waals surface area contributed by atoms with Crippen LogP contribution in [0.25, 0.3) is 22.4 Å². The van der Waals surface area contributed by atoms with E-state index in [9.17, 15) is 4.39 Å². The Morgan fingerprint density at radius 1 is 1.29 bits per heavy atom. The second kappa shape index (κ2) is 3.35. The van der Waals surface area contributed by atoms with E-state index in [-0.39, 0.29) is 11.7 Å². The maximum absolute atomic E-state index is 13.1. The molecule has 3 rings (SSSR count). The van der Waals surface area contributed by atoms with Crippen molar-refractivity contribution in [1.82, 2.24) is 5.16 Å². The topological polar surface area (TPSA) is 65.2 Å². The summed E-state index contributed by atoms with van der Waals surface area (Å²) in [6.45, 7) is 1.84. The maximum Gasteiger partial charge on any atom is 0.222 e. The van der Waals surface area contributed by atoms with Gasteiger partial charge in [0.15, 0.2) is 11.5 Å². The zero-order valence-corrected chi connectivity index (χ0v) is 9.03. The number of hydrogen-bond acceptors (Lipinski definition) is 4. The highest BCUT2D eigenvalue weighted by atomic mass is 19.1. The van der Waals surface area contributed by atoms with Crippen molar-refractivity contribution in [1.29, 1.82) is 0 Å². The van der Waals surface area contributed by atoms with Crippen molar-refractivity contribution in [3.8, 4) is 11.5 Å². The number of fused-ring (bicyclic) bond motifs is 1. The average molecular weight is 232 g/mol.